The van der Waals surface area contributed by atoms with E-state index in [0.29, 0.717) is 64.0 Å². The molecule has 0 unspecified atom stereocenters. The summed E-state index contributed by atoms with van der Waals surface area (Å²) in [5, 5.41) is 0. The molecule has 3 aromatic carbocycles. The lowest BCUT2D eigenvalue weighted by Gasteiger charge is -2.35. The first-order valence-electron chi connectivity index (χ1n) is 12.5. The van der Waals surface area contributed by atoms with E-state index in [-0.39, 0.29) is 17.3 Å². The molecule has 194 valence electrons. The largest absolute Gasteiger partial charge is 0.486 e. The van der Waals surface area contributed by atoms with E-state index in [1.165, 1.54) is 10.4 Å². The van der Waals surface area contributed by atoms with Crippen LogP contribution in [0.25, 0.3) is 0 Å². The van der Waals surface area contributed by atoms with E-state index < -0.39 is 10.0 Å². The Labute approximate surface area is 218 Å². The van der Waals surface area contributed by atoms with Gasteiger partial charge in [-0.25, -0.2) is 8.42 Å². The van der Waals surface area contributed by atoms with Crippen LogP contribution in [0, 0.1) is 0 Å². The number of sulfonamides is 1. The summed E-state index contributed by atoms with van der Waals surface area (Å²) in [5.74, 6) is 1.04. The average molecular weight is 522 g/mol. The van der Waals surface area contributed by atoms with Crippen LogP contribution < -0.4 is 9.47 Å². The SMILES string of the molecule is O=C(CN1CCN(S(=O)(=O)c2ccc3c(c2)OCCO3)CC1)N(Cc1ccccc1)Cc1ccccc1. The zero-order valence-corrected chi connectivity index (χ0v) is 21.5. The molecule has 0 aliphatic carbocycles. The summed E-state index contributed by atoms with van der Waals surface area (Å²) >= 11 is 0. The van der Waals surface area contributed by atoms with Crippen molar-refractivity contribution in [3.63, 3.8) is 0 Å². The molecule has 2 aliphatic heterocycles. The highest BCUT2D eigenvalue weighted by atomic mass is 32.2. The van der Waals surface area contributed by atoms with Gasteiger partial charge >= 0.3 is 0 Å². The number of carbonyl (C=O) groups excluding carboxylic acids is 1. The van der Waals surface area contributed by atoms with Gasteiger partial charge in [-0.1, -0.05) is 60.7 Å². The molecule has 0 N–H and O–H groups in total. The molecule has 0 atom stereocenters. The van der Waals surface area contributed by atoms with Crippen LogP contribution in [0.2, 0.25) is 0 Å². The molecule has 0 bridgehead atoms. The van der Waals surface area contributed by atoms with E-state index in [1.807, 2.05) is 70.5 Å². The van der Waals surface area contributed by atoms with E-state index in [0.717, 1.165) is 11.1 Å². The topological polar surface area (TPSA) is 79.4 Å². The number of amides is 1. The van der Waals surface area contributed by atoms with Crippen LogP contribution in [0.1, 0.15) is 11.1 Å². The minimum Gasteiger partial charge on any atom is -0.486 e. The number of fused-ring (bicyclic) bond motifs is 1. The Morgan fingerprint density at radius 3 is 1.92 bits per heavy atom. The van der Waals surface area contributed by atoms with E-state index in [4.69, 9.17) is 9.47 Å². The van der Waals surface area contributed by atoms with Crippen molar-refractivity contribution < 1.29 is 22.7 Å². The van der Waals surface area contributed by atoms with Gasteiger partial charge in [0.05, 0.1) is 11.4 Å². The standard InChI is InChI=1S/C28H31N3O5S/c32-28(30(20-23-7-3-1-4-8-23)21-24-9-5-2-6-10-24)22-29-13-15-31(16-14-29)37(33,34)25-11-12-26-27(19-25)36-18-17-35-26/h1-12,19H,13-18,20-22H2. The molecule has 0 aromatic heterocycles. The van der Waals surface area contributed by atoms with Crippen molar-refractivity contribution in [1.82, 2.24) is 14.1 Å². The van der Waals surface area contributed by atoms with Crippen LogP contribution in [0.15, 0.2) is 83.8 Å². The summed E-state index contributed by atoms with van der Waals surface area (Å²) in [4.78, 5) is 17.5. The Morgan fingerprint density at radius 2 is 1.32 bits per heavy atom. The maximum atomic E-state index is 13.4. The Kier molecular flexibility index (Phi) is 7.73. The average Bonchev–Trinajstić information content (AvgIpc) is 2.94. The van der Waals surface area contributed by atoms with E-state index in [1.54, 1.807) is 12.1 Å². The van der Waals surface area contributed by atoms with Gasteiger partial charge in [0.1, 0.15) is 13.2 Å². The van der Waals surface area contributed by atoms with Crippen LogP contribution in [-0.2, 0) is 27.9 Å². The minimum atomic E-state index is -3.67. The zero-order chi connectivity index (χ0) is 25.7. The van der Waals surface area contributed by atoms with Crippen molar-refractivity contribution in [2.24, 2.45) is 0 Å². The summed E-state index contributed by atoms with van der Waals surface area (Å²) < 4.78 is 39.0. The predicted octanol–water partition coefficient (Wildman–Crippen LogP) is 2.99. The summed E-state index contributed by atoms with van der Waals surface area (Å²) in [7, 11) is -3.67. The Bertz CT molecular complexity index is 1270. The van der Waals surface area contributed by atoms with E-state index >= 15 is 0 Å². The molecule has 0 saturated carbocycles. The summed E-state index contributed by atoms with van der Waals surface area (Å²) in [6, 6.07) is 24.6. The molecule has 3 aromatic rings. The minimum absolute atomic E-state index is 0.0239. The third-order valence-corrected chi connectivity index (χ3v) is 8.52. The maximum Gasteiger partial charge on any atom is 0.243 e. The molecular formula is C28H31N3O5S. The lowest BCUT2D eigenvalue weighted by molar-refractivity contribution is -0.134. The third-order valence-electron chi connectivity index (χ3n) is 6.63. The van der Waals surface area contributed by atoms with Gasteiger partial charge in [0.2, 0.25) is 15.9 Å². The molecule has 8 nitrogen and oxygen atoms in total. The highest BCUT2D eigenvalue weighted by Gasteiger charge is 2.31. The van der Waals surface area contributed by atoms with Gasteiger partial charge in [-0.2, -0.15) is 4.31 Å². The number of hydrogen-bond acceptors (Lipinski definition) is 6. The van der Waals surface area contributed by atoms with Crippen molar-refractivity contribution in [1.29, 1.82) is 0 Å². The highest BCUT2D eigenvalue weighted by Crippen LogP contribution is 2.33. The number of ether oxygens (including phenoxy) is 2. The van der Waals surface area contributed by atoms with E-state index in [9.17, 15) is 13.2 Å². The monoisotopic (exact) mass is 521 g/mol. The fraction of sp³-hybridized carbons (Fsp3) is 0.321. The molecule has 1 fully saturated rings. The normalized spacial score (nSPS) is 16.3. The van der Waals surface area contributed by atoms with Crippen molar-refractivity contribution in [2.45, 2.75) is 18.0 Å². The fourth-order valence-corrected chi connectivity index (χ4v) is 6.03. The second kappa shape index (κ2) is 11.3. The molecule has 0 radical (unpaired) electrons. The second-order valence-corrected chi connectivity index (χ2v) is 11.1. The van der Waals surface area contributed by atoms with Gasteiger partial charge < -0.3 is 14.4 Å². The first-order chi connectivity index (χ1) is 18.0. The van der Waals surface area contributed by atoms with Crippen LogP contribution in [-0.4, -0.2) is 74.4 Å². The Morgan fingerprint density at radius 1 is 0.757 bits per heavy atom. The molecule has 9 heteroatoms. The lowest BCUT2D eigenvalue weighted by Crippen LogP contribution is -2.51. The van der Waals surface area contributed by atoms with Crippen molar-refractivity contribution in [3.05, 3.63) is 90.0 Å². The first kappa shape index (κ1) is 25.3. The molecule has 2 aliphatic rings. The van der Waals surface area contributed by atoms with Gasteiger partial charge in [0, 0.05) is 45.3 Å². The molecular weight excluding hydrogens is 490 g/mol. The fourth-order valence-electron chi connectivity index (χ4n) is 4.59. The number of piperazine rings is 1. The van der Waals surface area contributed by atoms with Gasteiger partial charge in [-0.3, -0.25) is 9.69 Å². The molecule has 1 amide bonds. The molecule has 1 saturated heterocycles. The van der Waals surface area contributed by atoms with Gasteiger partial charge in [-0.15, -0.1) is 0 Å². The molecule has 2 heterocycles. The molecule has 0 spiro atoms. The predicted molar refractivity (Wildman–Crippen MR) is 140 cm³/mol. The number of rotatable bonds is 8. The second-order valence-electron chi connectivity index (χ2n) is 9.21. The maximum absolute atomic E-state index is 13.4. The Balaban J connectivity index is 1.21. The molecule has 37 heavy (non-hydrogen) atoms. The van der Waals surface area contributed by atoms with Crippen molar-refractivity contribution in [3.8, 4) is 11.5 Å². The van der Waals surface area contributed by atoms with Gasteiger partial charge in [0.15, 0.2) is 11.5 Å². The summed E-state index contributed by atoms with van der Waals surface area (Å²) in [5.41, 5.74) is 2.14. The van der Waals surface area contributed by atoms with E-state index in [2.05, 4.69) is 0 Å². The van der Waals surface area contributed by atoms with Crippen LogP contribution in [0.4, 0.5) is 0 Å². The number of carbonyl (C=O) groups is 1. The first-order valence-corrected chi connectivity index (χ1v) is 13.9. The smallest absolute Gasteiger partial charge is 0.243 e. The summed E-state index contributed by atoms with van der Waals surface area (Å²) in [6.07, 6.45) is 0. The quantitative estimate of drug-likeness (QED) is 0.454. The lowest BCUT2D eigenvalue weighted by atomic mass is 10.1. The van der Waals surface area contributed by atoms with Gasteiger partial charge in [-0.05, 0) is 23.3 Å². The number of hydrogen-bond donors (Lipinski definition) is 0. The van der Waals surface area contributed by atoms with Crippen LogP contribution in [0.3, 0.4) is 0 Å². The number of nitrogens with zero attached hydrogens (tertiary/aromatic N) is 3. The zero-order valence-electron chi connectivity index (χ0n) is 20.7. The molecule has 5 rings (SSSR count). The summed E-state index contributed by atoms with van der Waals surface area (Å²) in [6.45, 7) is 3.75. The van der Waals surface area contributed by atoms with Crippen LogP contribution in [0.5, 0.6) is 11.5 Å². The van der Waals surface area contributed by atoms with Crippen LogP contribution >= 0.6 is 0 Å². The number of benzene rings is 3. The van der Waals surface area contributed by atoms with Crippen molar-refractivity contribution >= 4 is 15.9 Å². The third kappa shape index (κ3) is 6.12. The van der Waals surface area contributed by atoms with Gasteiger partial charge in [0.25, 0.3) is 0 Å². The Hall–Kier alpha value is -3.40. The highest BCUT2D eigenvalue weighted by molar-refractivity contribution is 7.89. The van der Waals surface area contributed by atoms with Crippen molar-refractivity contribution in [2.75, 3.05) is 45.9 Å².